The molecule has 0 spiro atoms. The highest BCUT2D eigenvalue weighted by molar-refractivity contribution is 5.77. The van der Waals surface area contributed by atoms with Crippen molar-refractivity contribution in [1.29, 1.82) is 0 Å². The van der Waals surface area contributed by atoms with Crippen molar-refractivity contribution in [2.75, 3.05) is 6.61 Å². The van der Waals surface area contributed by atoms with E-state index in [0.717, 1.165) is 32.1 Å². The molecule has 0 aromatic rings. The summed E-state index contributed by atoms with van der Waals surface area (Å²) in [5, 5.41) is 9.16. The van der Waals surface area contributed by atoms with Crippen LogP contribution in [0.3, 0.4) is 0 Å². The highest BCUT2D eigenvalue weighted by Crippen LogP contribution is 2.32. The van der Waals surface area contributed by atoms with Gasteiger partial charge in [0.1, 0.15) is 0 Å². The van der Waals surface area contributed by atoms with Crippen LogP contribution in [0.15, 0.2) is 0 Å². The fourth-order valence-corrected chi connectivity index (χ4v) is 1.95. The second kappa shape index (κ2) is 5.35. The molecule has 1 aliphatic carbocycles. The van der Waals surface area contributed by atoms with Crippen LogP contribution in [0.25, 0.3) is 0 Å². The lowest BCUT2D eigenvalue weighted by atomic mass is 9.84. The lowest BCUT2D eigenvalue weighted by Gasteiger charge is -2.33. The number of hydrogen-bond donors (Lipinski definition) is 1. The molecule has 0 heterocycles. The molecule has 0 atom stereocenters. The van der Waals surface area contributed by atoms with Crippen molar-refractivity contribution in [2.24, 2.45) is 0 Å². The normalized spacial score (nSPS) is 20.6. The molecule has 3 nitrogen and oxygen atoms in total. The number of rotatable bonds is 5. The zero-order valence-corrected chi connectivity index (χ0v) is 8.92. The van der Waals surface area contributed by atoms with Gasteiger partial charge in [-0.2, -0.15) is 0 Å². The summed E-state index contributed by atoms with van der Waals surface area (Å²) < 4.78 is 5.57. The zero-order valence-electron chi connectivity index (χ0n) is 8.92. The van der Waals surface area contributed by atoms with E-state index in [9.17, 15) is 4.79 Å². The number of carbonyl (C=O) groups is 1. The Morgan fingerprint density at radius 3 is 2.50 bits per heavy atom. The van der Waals surface area contributed by atoms with Crippen LogP contribution in [-0.2, 0) is 9.53 Å². The number of hydrogen-bond acceptors (Lipinski definition) is 2. The number of aliphatic carboxylic acids is 1. The van der Waals surface area contributed by atoms with Crippen molar-refractivity contribution in [2.45, 2.75) is 57.5 Å². The van der Waals surface area contributed by atoms with Crippen molar-refractivity contribution >= 4 is 5.97 Å². The molecule has 1 N–H and O–H groups in total. The lowest BCUT2D eigenvalue weighted by molar-refractivity contribution is -0.171. The van der Waals surface area contributed by atoms with Crippen LogP contribution in [0.1, 0.15) is 51.9 Å². The van der Waals surface area contributed by atoms with Gasteiger partial charge in [0.15, 0.2) is 5.60 Å². The summed E-state index contributed by atoms with van der Waals surface area (Å²) in [5.41, 5.74) is -0.854. The predicted molar refractivity (Wildman–Crippen MR) is 54.3 cm³/mol. The zero-order chi connectivity index (χ0) is 10.4. The molecule has 0 aromatic carbocycles. The Kier molecular flexibility index (Phi) is 4.39. The van der Waals surface area contributed by atoms with Gasteiger partial charge in [0, 0.05) is 6.61 Å². The second-order valence-corrected chi connectivity index (χ2v) is 4.06. The summed E-state index contributed by atoms with van der Waals surface area (Å²) in [6.07, 6.45) is 6.49. The minimum atomic E-state index is -0.854. The molecule has 0 unspecified atom stereocenters. The molecule has 0 bridgehead atoms. The third-order valence-corrected chi connectivity index (χ3v) is 2.93. The van der Waals surface area contributed by atoms with Gasteiger partial charge in [-0.1, -0.05) is 19.8 Å². The molecule has 82 valence electrons. The smallest absolute Gasteiger partial charge is 0.335 e. The lowest BCUT2D eigenvalue weighted by Crippen LogP contribution is -2.43. The minimum absolute atomic E-state index is 0.586. The largest absolute Gasteiger partial charge is 0.479 e. The summed E-state index contributed by atoms with van der Waals surface area (Å²) >= 11 is 0. The van der Waals surface area contributed by atoms with Gasteiger partial charge in [-0.15, -0.1) is 0 Å². The molecule has 1 aliphatic rings. The van der Waals surface area contributed by atoms with Gasteiger partial charge < -0.3 is 9.84 Å². The second-order valence-electron chi connectivity index (χ2n) is 4.06. The van der Waals surface area contributed by atoms with Crippen LogP contribution >= 0.6 is 0 Å². The quantitative estimate of drug-likeness (QED) is 0.694. The van der Waals surface area contributed by atoms with Gasteiger partial charge in [-0.3, -0.25) is 0 Å². The molecular weight excluding hydrogens is 180 g/mol. The molecule has 0 aromatic heterocycles. The number of unbranched alkanes of at least 4 members (excludes halogenated alkanes) is 1. The monoisotopic (exact) mass is 200 g/mol. The Balaban J connectivity index is 2.47. The van der Waals surface area contributed by atoms with Gasteiger partial charge in [0.2, 0.25) is 0 Å². The maximum Gasteiger partial charge on any atom is 0.335 e. The Morgan fingerprint density at radius 2 is 2.00 bits per heavy atom. The van der Waals surface area contributed by atoms with Gasteiger partial charge in [0.25, 0.3) is 0 Å². The fraction of sp³-hybridized carbons (Fsp3) is 0.909. The van der Waals surface area contributed by atoms with E-state index in [0.29, 0.717) is 19.4 Å². The SMILES string of the molecule is CCCCOC1(C(=O)O)CCCCC1. The number of carboxylic acid groups (broad SMARTS) is 1. The summed E-state index contributed by atoms with van der Waals surface area (Å²) in [4.78, 5) is 11.1. The molecule has 1 rings (SSSR count). The molecule has 1 saturated carbocycles. The Labute approximate surface area is 85.5 Å². The van der Waals surface area contributed by atoms with Crippen LogP contribution in [0.2, 0.25) is 0 Å². The summed E-state index contributed by atoms with van der Waals surface area (Å²) in [6, 6.07) is 0. The first-order valence-corrected chi connectivity index (χ1v) is 5.58. The molecule has 0 aliphatic heterocycles. The topological polar surface area (TPSA) is 46.5 Å². The average Bonchev–Trinajstić information content (AvgIpc) is 2.19. The highest BCUT2D eigenvalue weighted by Gasteiger charge is 2.40. The molecule has 14 heavy (non-hydrogen) atoms. The van der Waals surface area contributed by atoms with Crippen molar-refractivity contribution in [3.63, 3.8) is 0 Å². The maximum atomic E-state index is 11.1. The summed E-state index contributed by atoms with van der Waals surface area (Å²) in [5.74, 6) is -0.770. The van der Waals surface area contributed by atoms with E-state index in [-0.39, 0.29) is 0 Å². The first kappa shape index (κ1) is 11.5. The Hall–Kier alpha value is -0.570. The number of carboxylic acids is 1. The van der Waals surface area contributed by atoms with E-state index < -0.39 is 11.6 Å². The van der Waals surface area contributed by atoms with Gasteiger partial charge in [0.05, 0.1) is 0 Å². The van der Waals surface area contributed by atoms with E-state index in [1.165, 1.54) is 0 Å². The Morgan fingerprint density at radius 1 is 1.36 bits per heavy atom. The Bertz CT molecular complexity index is 183. The third kappa shape index (κ3) is 2.71. The minimum Gasteiger partial charge on any atom is -0.479 e. The summed E-state index contributed by atoms with van der Waals surface area (Å²) in [6.45, 7) is 2.67. The van der Waals surface area contributed by atoms with Crippen LogP contribution in [0.4, 0.5) is 0 Å². The first-order valence-electron chi connectivity index (χ1n) is 5.58. The first-order chi connectivity index (χ1) is 6.71. The van der Waals surface area contributed by atoms with Crippen LogP contribution in [0.5, 0.6) is 0 Å². The van der Waals surface area contributed by atoms with E-state index in [2.05, 4.69) is 6.92 Å². The average molecular weight is 200 g/mol. The molecule has 0 saturated heterocycles. The van der Waals surface area contributed by atoms with Crippen LogP contribution in [-0.4, -0.2) is 23.3 Å². The van der Waals surface area contributed by atoms with E-state index in [1.54, 1.807) is 0 Å². The third-order valence-electron chi connectivity index (χ3n) is 2.93. The maximum absolute atomic E-state index is 11.1. The highest BCUT2D eigenvalue weighted by atomic mass is 16.5. The van der Waals surface area contributed by atoms with Crippen molar-refractivity contribution in [1.82, 2.24) is 0 Å². The predicted octanol–water partition coefficient (Wildman–Crippen LogP) is 2.59. The van der Waals surface area contributed by atoms with Gasteiger partial charge in [-0.05, 0) is 32.1 Å². The molecule has 0 radical (unpaired) electrons. The number of ether oxygens (including phenoxy) is 1. The molecule has 1 fully saturated rings. The van der Waals surface area contributed by atoms with Crippen LogP contribution in [0, 0.1) is 0 Å². The standard InChI is InChI=1S/C11H20O3/c1-2-3-9-14-11(10(12)13)7-5-4-6-8-11/h2-9H2,1H3,(H,12,13). The molecular formula is C11H20O3. The van der Waals surface area contributed by atoms with Crippen molar-refractivity contribution < 1.29 is 14.6 Å². The van der Waals surface area contributed by atoms with Gasteiger partial charge in [-0.25, -0.2) is 4.79 Å². The van der Waals surface area contributed by atoms with E-state index >= 15 is 0 Å². The van der Waals surface area contributed by atoms with E-state index in [4.69, 9.17) is 9.84 Å². The van der Waals surface area contributed by atoms with Crippen molar-refractivity contribution in [3.05, 3.63) is 0 Å². The fourth-order valence-electron chi connectivity index (χ4n) is 1.95. The summed E-state index contributed by atoms with van der Waals surface area (Å²) in [7, 11) is 0. The molecule has 0 amide bonds. The van der Waals surface area contributed by atoms with Crippen LogP contribution < -0.4 is 0 Å². The van der Waals surface area contributed by atoms with Gasteiger partial charge >= 0.3 is 5.97 Å². The molecule has 3 heteroatoms. The van der Waals surface area contributed by atoms with Crippen molar-refractivity contribution in [3.8, 4) is 0 Å². The van der Waals surface area contributed by atoms with E-state index in [1.807, 2.05) is 0 Å².